The molecule has 7 nitrogen and oxygen atoms in total. The van der Waals surface area contributed by atoms with Crippen molar-refractivity contribution in [2.45, 2.75) is 19.4 Å². The monoisotopic (exact) mass is 441 g/mol. The Balaban J connectivity index is 2.04. The number of H-pyrrole nitrogens is 1. The molecule has 26 heavy (non-hydrogen) atoms. The number of nitrogens with one attached hydrogen (secondary N) is 3. The fourth-order valence-corrected chi connectivity index (χ4v) is 2.88. The second-order valence-corrected chi connectivity index (χ2v) is 7.36. The van der Waals surface area contributed by atoms with Gasteiger partial charge in [-0.2, -0.15) is 5.10 Å². The fraction of sp³-hybridized carbons (Fsp3) is 0.353. The minimum Gasteiger partial charge on any atom is -0.348 e. The molecular formula is C17H21BrClN5O2. The van der Waals surface area contributed by atoms with E-state index in [1.807, 2.05) is 21.0 Å². The predicted molar refractivity (Wildman–Crippen MR) is 106 cm³/mol. The predicted octanol–water partition coefficient (Wildman–Crippen LogP) is 3.15. The Morgan fingerprint density at radius 2 is 2.00 bits per heavy atom. The molecule has 2 rings (SSSR count). The van der Waals surface area contributed by atoms with Crippen LogP contribution in [0, 0.1) is 0 Å². The van der Waals surface area contributed by atoms with Crippen molar-refractivity contribution in [3.8, 4) is 0 Å². The summed E-state index contributed by atoms with van der Waals surface area (Å²) in [4.78, 5) is 26.8. The maximum atomic E-state index is 12.4. The van der Waals surface area contributed by atoms with Crippen LogP contribution in [-0.2, 0) is 0 Å². The van der Waals surface area contributed by atoms with Crippen LogP contribution < -0.4 is 10.6 Å². The van der Waals surface area contributed by atoms with E-state index in [9.17, 15) is 9.59 Å². The highest BCUT2D eigenvalue weighted by Gasteiger charge is 2.21. The largest absolute Gasteiger partial charge is 0.348 e. The highest BCUT2D eigenvalue weighted by molar-refractivity contribution is 9.10. The van der Waals surface area contributed by atoms with E-state index in [2.05, 4.69) is 41.7 Å². The van der Waals surface area contributed by atoms with E-state index in [0.29, 0.717) is 15.1 Å². The molecule has 0 aliphatic heterocycles. The topological polar surface area (TPSA) is 90.1 Å². The number of carbonyl (C=O) groups is 2. The van der Waals surface area contributed by atoms with Gasteiger partial charge in [0.1, 0.15) is 5.69 Å². The van der Waals surface area contributed by atoms with E-state index in [0.717, 1.165) is 13.0 Å². The average Bonchev–Trinajstić information content (AvgIpc) is 2.94. The summed E-state index contributed by atoms with van der Waals surface area (Å²) in [6.45, 7) is 2.80. The number of carbonyl (C=O) groups excluding carboxylic acids is 2. The van der Waals surface area contributed by atoms with Crippen molar-refractivity contribution in [3.05, 3.63) is 45.0 Å². The second-order valence-electron chi connectivity index (χ2n) is 6.16. The van der Waals surface area contributed by atoms with Gasteiger partial charge in [-0.3, -0.25) is 14.7 Å². The molecular weight excluding hydrogens is 422 g/mol. The van der Waals surface area contributed by atoms with Crippen LogP contribution in [0.25, 0.3) is 0 Å². The maximum absolute atomic E-state index is 12.4. The number of aromatic amines is 1. The number of benzene rings is 1. The van der Waals surface area contributed by atoms with E-state index in [1.165, 1.54) is 0 Å². The summed E-state index contributed by atoms with van der Waals surface area (Å²) in [6, 6.07) is 6.70. The average molecular weight is 443 g/mol. The fourth-order valence-electron chi connectivity index (χ4n) is 2.20. The van der Waals surface area contributed by atoms with Crippen LogP contribution in [0.15, 0.2) is 28.7 Å². The first-order valence-electron chi connectivity index (χ1n) is 8.05. The maximum Gasteiger partial charge on any atom is 0.270 e. The number of hydrogen-bond donors (Lipinski definition) is 3. The first-order valence-corrected chi connectivity index (χ1v) is 9.22. The summed E-state index contributed by atoms with van der Waals surface area (Å²) in [5.41, 5.74) is 0.573. The van der Waals surface area contributed by atoms with Gasteiger partial charge in [-0.15, -0.1) is 0 Å². The number of nitrogens with zero attached hydrogens (tertiary/aromatic N) is 2. The van der Waals surface area contributed by atoms with Crippen LogP contribution in [-0.4, -0.2) is 53.6 Å². The lowest BCUT2D eigenvalue weighted by Gasteiger charge is -2.16. The van der Waals surface area contributed by atoms with Crippen molar-refractivity contribution in [2.24, 2.45) is 0 Å². The third-order valence-corrected chi connectivity index (χ3v) is 4.77. The van der Waals surface area contributed by atoms with E-state index >= 15 is 0 Å². The van der Waals surface area contributed by atoms with Crippen LogP contribution in [0.5, 0.6) is 0 Å². The molecule has 9 heteroatoms. The molecule has 0 radical (unpaired) electrons. The molecule has 0 saturated heterocycles. The molecule has 2 aromatic rings. The summed E-state index contributed by atoms with van der Waals surface area (Å²) in [5.74, 6) is -0.482. The Morgan fingerprint density at radius 3 is 2.65 bits per heavy atom. The molecule has 1 aromatic heterocycles. The molecule has 1 heterocycles. The van der Waals surface area contributed by atoms with Crippen molar-refractivity contribution in [2.75, 3.05) is 26.0 Å². The summed E-state index contributed by atoms with van der Waals surface area (Å²) >= 11 is 9.33. The van der Waals surface area contributed by atoms with Gasteiger partial charge in [0, 0.05) is 6.04 Å². The zero-order valence-electron chi connectivity index (χ0n) is 14.8. The van der Waals surface area contributed by atoms with Gasteiger partial charge in [-0.25, -0.2) is 0 Å². The molecule has 0 spiro atoms. The van der Waals surface area contributed by atoms with Gasteiger partial charge in [0.25, 0.3) is 11.8 Å². The SMILES string of the molecule is CC(CCN(C)C)NC(=O)c1[nH]nc(NC(=O)c2ccccc2Cl)c1Br. The highest BCUT2D eigenvalue weighted by atomic mass is 79.9. The number of hydrogen-bond acceptors (Lipinski definition) is 4. The minimum atomic E-state index is -0.408. The summed E-state index contributed by atoms with van der Waals surface area (Å²) in [7, 11) is 3.96. The number of aromatic nitrogens is 2. The van der Waals surface area contributed by atoms with Crippen molar-refractivity contribution < 1.29 is 9.59 Å². The zero-order valence-corrected chi connectivity index (χ0v) is 17.1. The summed E-state index contributed by atoms with van der Waals surface area (Å²) in [5, 5.41) is 12.5. The van der Waals surface area contributed by atoms with Crippen molar-refractivity contribution in [1.29, 1.82) is 0 Å². The molecule has 0 aliphatic carbocycles. The Kier molecular flexibility index (Phi) is 7.19. The molecule has 2 amide bonds. The number of rotatable bonds is 7. The highest BCUT2D eigenvalue weighted by Crippen LogP contribution is 2.25. The van der Waals surface area contributed by atoms with Gasteiger partial charge < -0.3 is 15.5 Å². The lowest BCUT2D eigenvalue weighted by atomic mass is 10.2. The standard InChI is InChI=1S/C17H21BrClN5O2/c1-10(8-9-24(2)3)20-17(26)14-13(18)15(23-22-14)21-16(25)11-6-4-5-7-12(11)19/h4-7,10H,8-9H2,1-3H3,(H,20,26)(H2,21,22,23,25). The molecule has 0 saturated carbocycles. The van der Waals surface area contributed by atoms with Gasteiger partial charge in [0.05, 0.1) is 15.1 Å². The zero-order chi connectivity index (χ0) is 19.3. The van der Waals surface area contributed by atoms with E-state index < -0.39 is 5.91 Å². The molecule has 0 fully saturated rings. The van der Waals surface area contributed by atoms with E-state index in [1.54, 1.807) is 24.3 Å². The van der Waals surface area contributed by atoms with Crippen LogP contribution in [0.3, 0.4) is 0 Å². The van der Waals surface area contributed by atoms with E-state index in [4.69, 9.17) is 11.6 Å². The number of anilines is 1. The van der Waals surface area contributed by atoms with E-state index in [-0.39, 0.29) is 23.5 Å². The Morgan fingerprint density at radius 1 is 1.31 bits per heavy atom. The molecule has 140 valence electrons. The molecule has 3 N–H and O–H groups in total. The lowest BCUT2D eigenvalue weighted by molar-refractivity contribution is 0.0930. The third kappa shape index (κ3) is 5.30. The van der Waals surface area contributed by atoms with Crippen molar-refractivity contribution in [3.63, 3.8) is 0 Å². The van der Waals surface area contributed by atoms with Crippen molar-refractivity contribution in [1.82, 2.24) is 20.4 Å². The van der Waals surface area contributed by atoms with Crippen LogP contribution >= 0.6 is 27.5 Å². The summed E-state index contributed by atoms with van der Waals surface area (Å²) in [6.07, 6.45) is 0.820. The Labute approximate surface area is 165 Å². The molecule has 1 unspecified atom stereocenters. The third-order valence-electron chi connectivity index (χ3n) is 3.67. The summed E-state index contributed by atoms with van der Waals surface area (Å²) < 4.78 is 0.384. The Hall–Kier alpha value is -1.90. The van der Waals surface area contributed by atoms with Gasteiger partial charge in [0.15, 0.2) is 5.82 Å². The van der Waals surface area contributed by atoms with Crippen LogP contribution in [0.1, 0.15) is 34.2 Å². The van der Waals surface area contributed by atoms with Crippen molar-refractivity contribution >= 4 is 45.2 Å². The molecule has 1 aromatic carbocycles. The lowest BCUT2D eigenvalue weighted by Crippen LogP contribution is -2.35. The molecule has 0 aliphatic rings. The Bertz CT molecular complexity index is 793. The van der Waals surface area contributed by atoms with Gasteiger partial charge >= 0.3 is 0 Å². The minimum absolute atomic E-state index is 0.00117. The quantitative estimate of drug-likeness (QED) is 0.614. The van der Waals surface area contributed by atoms with Crippen LogP contribution in [0.2, 0.25) is 5.02 Å². The normalized spacial score (nSPS) is 12.1. The number of amides is 2. The van der Waals surface area contributed by atoms with Gasteiger partial charge in [0.2, 0.25) is 0 Å². The van der Waals surface area contributed by atoms with Gasteiger partial charge in [-0.05, 0) is 62.0 Å². The first-order chi connectivity index (χ1) is 12.3. The van der Waals surface area contributed by atoms with Gasteiger partial charge in [-0.1, -0.05) is 23.7 Å². The molecule has 1 atom stereocenters. The first kappa shape index (κ1) is 20.4. The number of halogens is 2. The smallest absolute Gasteiger partial charge is 0.270 e. The van der Waals surface area contributed by atoms with Crippen LogP contribution in [0.4, 0.5) is 5.82 Å². The molecule has 0 bridgehead atoms. The second kappa shape index (κ2) is 9.16.